The van der Waals surface area contributed by atoms with Crippen molar-refractivity contribution in [2.75, 3.05) is 7.05 Å². The Labute approximate surface area is 113 Å². The monoisotopic (exact) mass is 247 g/mol. The minimum atomic E-state index is 0.429. The zero-order valence-electron chi connectivity index (χ0n) is 12.9. The Bertz CT molecular complexity index is 374. The van der Waals surface area contributed by atoms with Crippen LogP contribution in [0.2, 0.25) is 0 Å². The van der Waals surface area contributed by atoms with E-state index in [1.165, 1.54) is 29.5 Å². The number of hydrogen-bond donors (Lipinski definition) is 1. The van der Waals surface area contributed by atoms with E-state index in [0.29, 0.717) is 11.5 Å². The molecule has 1 aromatic carbocycles. The van der Waals surface area contributed by atoms with E-state index in [1.807, 2.05) is 0 Å². The Kier molecular flexibility index (Phi) is 5.40. The van der Waals surface area contributed by atoms with Crippen LogP contribution in [0, 0.1) is 19.3 Å². The first-order chi connectivity index (χ1) is 8.31. The van der Waals surface area contributed by atoms with Crippen LogP contribution >= 0.6 is 0 Å². The molecule has 1 atom stereocenters. The molecule has 1 rings (SSSR count). The maximum Gasteiger partial charge on any atom is 0.0105 e. The topological polar surface area (TPSA) is 12.0 Å². The van der Waals surface area contributed by atoms with Crippen LogP contribution in [0.3, 0.4) is 0 Å². The van der Waals surface area contributed by atoms with Gasteiger partial charge in [0.2, 0.25) is 0 Å². The van der Waals surface area contributed by atoms with Gasteiger partial charge in [0.05, 0.1) is 0 Å². The smallest absolute Gasteiger partial charge is 0.0105 e. The summed E-state index contributed by atoms with van der Waals surface area (Å²) in [4.78, 5) is 0. The molecule has 18 heavy (non-hydrogen) atoms. The molecule has 0 aliphatic rings. The second kappa shape index (κ2) is 6.38. The Morgan fingerprint density at radius 1 is 1.11 bits per heavy atom. The molecule has 1 heteroatoms. The van der Waals surface area contributed by atoms with Crippen LogP contribution in [0.1, 0.15) is 50.3 Å². The summed E-state index contributed by atoms with van der Waals surface area (Å²) in [5.74, 6) is 0. The van der Waals surface area contributed by atoms with Crippen molar-refractivity contribution < 1.29 is 0 Å². The second-order valence-corrected chi connectivity index (χ2v) is 6.71. The average molecular weight is 247 g/mol. The van der Waals surface area contributed by atoms with Crippen LogP contribution < -0.4 is 5.32 Å². The first-order valence-electron chi connectivity index (χ1n) is 7.05. The van der Waals surface area contributed by atoms with Crippen LogP contribution in [-0.4, -0.2) is 13.1 Å². The molecule has 0 aliphatic carbocycles. The van der Waals surface area contributed by atoms with Gasteiger partial charge in [-0.3, -0.25) is 0 Å². The summed E-state index contributed by atoms with van der Waals surface area (Å²) in [6, 6.07) is 7.42. The number of hydrogen-bond acceptors (Lipinski definition) is 1. The first kappa shape index (κ1) is 15.2. The molecule has 0 amide bonds. The van der Waals surface area contributed by atoms with Gasteiger partial charge in [-0.2, -0.15) is 0 Å². The lowest BCUT2D eigenvalue weighted by Gasteiger charge is -2.23. The maximum atomic E-state index is 3.46. The van der Waals surface area contributed by atoms with E-state index in [9.17, 15) is 0 Å². The molecule has 102 valence electrons. The predicted octanol–water partition coefficient (Wildman–Crippen LogP) is 4.26. The molecule has 1 aromatic rings. The Morgan fingerprint density at radius 2 is 1.78 bits per heavy atom. The standard InChI is InChI=1S/C17H29N/c1-13-7-8-15(11-14(13)2)12-16(18-6)9-10-17(3,4)5/h7-8,11,16,18H,9-10,12H2,1-6H3. The highest BCUT2D eigenvalue weighted by atomic mass is 14.9. The van der Waals surface area contributed by atoms with Gasteiger partial charge < -0.3 is 5.32 Å². The van der Waals surface area contributed by atoms with E-state index in [0.717, 1.165) is 6.42 Å². The van der Waals surface area contributed by atoms with Crippen molar-refractivity contribution in [3.63, 3.8) is 0 Å². The Balaban J connectivity index is 2.59. The van der Waals surface area contributed by atoms with Crippen molar-refractivity contribution in [1.29, 1.82) is 0 Å². The number of nitrogens with one attached hydrogen (secondary N) is 1. The van der Waals surface area contributed by atoms with E-state index in [2.05, 4.69) is 65.2 Å². The molecule has 1 N–H and O–H groups in total. The van der Waals surface area contributed by atoms with Crippen LogP contribution in [0.15, 0.2) is 18.2 Å². The van der Waals surface area contributed by atoms with E-state index in [4.69, 9.17) is 0 Å². The fourth-order valence-corrected chi connectivity index (χ4v) is 2.17. The van der Waals surface area contributed by atoms with E-state index in [1.54, 1.807) is 0 Å². The lowest BCUT2D eigenvalue weighted by molar-refractivity contribution is 0.334. The third-order valence-electron chi connectivity index (χ3n) is 3.70. The van der Waals surface area contributed by atoms with Crippen molar-refractivity contribution >= 4 is 0 Å². The van der Waals surface area contributed by atoms with Crippen LogP contribution in [0.25, 0.3) is 0 Å². The Morgan fingerprint density at radius 3 is 2.28 bits per heavy atom. The zero-order chi connectivity index (χ0) is 13.8. The lowest BCUT2D eigenvalue weighted by atomic mass is 9.87. The molecule has 0 aromatic heterocycles. The summed E-state index contributed by atoms with van der Waals surface area (Å²) < 4.78 is 0. The molecule has 1 unspecified atom stereocenters. The molecule has 0 fully saturated rings. The van der Waals surface area contributed by atoms with Crippen LogP contribution in [0.5, 0.6) is 0 Å². The highest BCUT2D eigenvalue weighted by Gasteiger charge is 2.14. The molecule has 0 radical (unpaired) electrons. The number of likely N-dealkylation sites (N-methyl/N-ethyl adjacent to an activating group) is 1. The largest absolute Gasteiger partial charge is 0.317 e. The van der Waals surface area contributed by atoms with Gasteiger partial charge in [0.25, 0.3) is 0 Å². The normalized spacial score (nSPS) is 13.7. The van der Waals surface area contributed by atoms with Gasteiger partial charge in [-0.25, -0.2) is 0 Å². The maximum absolute atomic E-state index is 3.46. The molecule has 0 heterocycles. The van der Waals surface area contributed by atoms with Crippen molar-refractivity contribution in [3.8, 4) is 0 Å². The van der Waals surface area contributed by atoms with Crippen molar-refractivity contribution in [1.82, 2.24) is 5.32 Å². The van der Waals surface area contributed by atoms with E-state index in [-0.39, 0.29) is 0 Å². The molecular formula is C17H29N. The molecular weight excluding hydrogens is 218 g/mol. The fraction of sp³-hybridized carbons (Fsp3) is 0.647. The van der Waals surface area contributed by atoms with Gasteiger partial charge in [-0.1, -0.05) is 39.0 Å². The Hall–Kier alpha value is -0.820. The van der Waals surface area contributed by atoms with Gasteiger partial charge in [-0.05, 0) is 62.3 Å². The van der Waals surface area contributed by atoms with Crippen molar-refractivity contribution in [2.24, 2.45) is 5.41 Å². The summed E-state index contributed by atoms with van der Waals surface area (Å²) in [6.07, 6.45) is 3.64. The number of benzene rings is 1. The molecule has 1 nitrogen and oxygen atoms in total. The molecule has 0 saturated heterocycles. The molecule has 0 aliphatic heterocycles. The average Bonchev–Trinajstić information content (AvgIpc) is 2.28. The summed E-state index contributed by atoms with van der Waals surface area (Å²) in [5.41, 5.74) is 4.66. The van der Waals surface area contributed by atoms with Gasteiger partial charge in [0.15, 0.2) is 0 Å². The van der Waals surface area contributed by atoms with Crippen molar-refractivity contribution in [2.45, 2.75) is 59.9 Å². The van der Waals surface area contributed by atoms with Gasteiger partial charge in [0.1, 0.15) is 0 Å². The second-order valence-electron chi connectivity index (χ2n) is 6.71. The number of aryl methyl sites for hydroxylation is 2. The number of rotatable bonds is 5. The van der Waals surface area contributed by atoms with Gasteiger partial charge >= 0.3 is 0 Å². The summed E-state index contributed by atoms with van der Waals surface area (Å²) >= 11 is 0. The van der Waals surface area contributed by atoms with Crippen LogP contribution in [0.4, 0.5) is 0 Å². The highest BCUT2D eigenvalue weighted by Crippen LogP contribution is 2.22. The van der Waals surface area contributed by atoms with E-state index >= 15 is 0 Å². The SMILES string of the molecule is CNC(CCC(C)(C)C)Cc1ccc(C)c(C)c1. The van der Waals surface area contributed by atoms with Gasteiger partial charge in [-0.15, -0.1) is 0 Å². The quantitative estimate of drug-likeness (QED) is 0.819. The molecule has 0 bridgehead atoms. The third-order valence-corrected chi connectivity index (χ3v) is 3.70. The van der Waals surface area contributed by atoms with E-state index < -0.39 is 0 Å². The van der Waals surface area contributed by atoms with Gasteiger partial charge in [0, 0.05) is 6.04 Å². The minimum Gasteiger partial charge on any atom is -0.317 e. The molecule has 0 spiro atoms. The summed E-state index contributed by atoms with van der Waals surface area (Å²) in [6.45, 7) is 11.3. The third kappa shape index (κ3) is 5.22. The lowest BCUT2D eigenvalue weighted by Crippen LogP contribution is -2.29. The fourth-order valence-electron chi connectivity index (χ4n) is 2.17. The minimum absolute atomic E-state index is 0.429. The first-order valence-corrected chi connectivity index (χ1v) is 7.05. The summed E-state index contributed by atoms with van der Waals surface area (Å²) in [7, 11) is 2.08. The van der Waals surface area contributed by atoms with Crippen LogP contribution in [-0.2, 0) is 6.42 Å². The highest BCUT2D eigenvalue weighted by molar-refractivity contribution is 5.30. The zero-order valence-corrected chi connectivity index (χ0v) is 12.9. The molecule has 0 saturated carbocycles. The predicted molar refractivity (Wildman–Crippen MR) is 81.2 cm³/mol. The van der Waals surface area contributed by atoms with Crippen molar-refractivity contribution in [3.05, 3.63) is 34.9 Å². The summed E-state index contributed by atoms with van der Waals surface area (Å²) in [5, 5.41) is 3.46.